The predicted molar refractivity (Wildman–Crippen MR) is 81.1 cm³/mol. The Kier molecular flexibility index (Phi) is 5.28. The quantitative estimate of drug-likeness (QED) is 0.770. The summed E-state index contributed by atoms with van der Waals surface area (Å²) in [7, 11) is 0. The van der Waals surface area contributed by atoms with Gasteiger partial charge in [-0.25, -0.2) is 9.97 Å². The monoisotopic (exact) mass is 291 g/mol. The molecule has 1 aliphatic rings. The molecule has 5 nitrogen and oxygen atoms in total. The molecule has 2 rings (SSSR count). The van der Waals surface area contributed by atoms with Crippen molar-refractivity contribution in [2.24, 2.45) is 5.41 Å². The van der Waals surface area contributed by atoms with E-state index in [4.69, 9.17) is 0 Å². The maximum atomic E-state index is 12.3. The Morgan fingerprint density at radius 2 is 2.14 bits per heavy atom. The highest BCUT2D eigenvalue weighted by Gasteiger charge is 2.28. The number of aromatic nitrogens is 2. The van der Waals surface area contributed by atoms with Gasteiger partial charge in [0.25, 0.3) is 5.91 Å². The van der Waals surface area contributed by atoms with E-state index in [1.165, 1.54) is 0 Å². The molecule has 0 spiro atoms. The van der Waals surface area contributed by atoms with E-state index in [0.29, 0.717) is 24.6 Å². The minimum atomic E-state index is -0.150. The van der Waals surface area contributed by atoms with Gasteiger partial charge in [-0.15, -0.1) is 0 Å². The van der Waals surface area contributed by atoms with Gasteiger partial charge in [-0.1, -0.05) is 13.8 Å². The van der Waals surface area contributed by atoms with Crippen molar-refractivity contribution >= 4 is 5.91 Å². The normalized spacial score (nSPS) is 15.0. The van der Waals surface area contributed by atoms with Gasteiger partial charge in [-0.3, -0.25) is 4.79 Å². The molecule has 116 valence electrons. The van der Waals surface area contributed by atoms with E-state index in [1.807, 2.05) is 0 Å². The fourth-order valence-corrected chi connectivity index (χ4v) is 2.58. The number of hydrogen-bond acceptors (Lipinski definition) is 4. The SMILES string of the molecule is CCC(CC)(CCO)CNC(=O)c1ccnc(C2CC2)n1. The Balaban J connectivity index is 1.98. The number of nitrogens with one attached hydrogen (secondary N) is 1. The van der Waals surface area contributed by atoms with Crippen LogP contribution in [-0.4, -0.2) is 34.1 Å². The van der Waals surface area contributed by atoms with Gasteiger partial charge in [0.05, 0.1) is 0 Å². The first kappa shape index (κ1) is 15.9. The van der Waals surface area contributed by atoms with Crippen molar-refractivity contribution in [2.75, 3.05) is 13.2 Å². The van der Waals surface area contributed by atoms with Crippen molar-refractivity contribution in [3.8, 4) is 0 Å². The van der Waals surface area contributed by atoms with Crippen LogP contribution in [0, 0.1) is 5.41 Å². The molecule has 0 bridgehead atoms. The second-order valence-corrected chi connectivity index (χ2v) is 5.94. The Labute approximate surface area is 126 Å². The lowest BCUT2D eigenvalue weighted by Gasteiger charge is -2.31. The Hall–Kier alpha value is -1.49. The molecule has 1 amide bonds. The van der Waals surface area contributed by atoms with Crippen LogP contribution in [0.5, 0.6) is 0 Å². The summed E-state index contributed by atoms with van der Waals surface area (Å²) in [4.78, 5) is 20.8. The maximum absolute atomic E-state index is 12.3. The molecular formula is C16H25N3O2. The van der Waals surface area contributed by atoms with Crippen LogP contribution in [-0.2, 0) is 0 Å². The summed E-state index contributed by atoms with van der Waals surface area (Å²) in [5, 5.41) is 12.2. The molecule has 1 saturated carbocycles. The number of carbonyl (C=O) groups is 1. The Bertz CT molecular complexity index is 482. The molecule has 21 heavy (non-hydrogen) atoms. The summed E-state index contributed by atoms with van der Waals surface area (Å²) in [6, 6.07) is 1.66. The highest BCUT2D eigenvalue weighted by atomic mass is 16.3. The van der Waals surface area contributed by atoms with Crippen molar-refractivity contribution in [3.63, 3.8) is 0 Å². The molecule has 0 aromatic carbocycles. The first-order valence-corrected chi connectivity index (χ1v) is 7.86. The van der Waals surface area contributed by atoms with Crippen LogP contribution < -0.4 is 5.32 Å². The average Bonchev–Trinajstić information content (AvgIpc) is 3.36. The molecule has 1 aromatic rings. The van der Waals surface area contributed by atoms with Crippen LogP contribution in [0.15, 0.2) is 12.3 Å². The molecular weight excluding hydrogens is 266 g/mol. The highest BCUT2D eigenvalue weighted by Crippen LogP contribution is 2.37. The molecule has 1 aliphatic carbocycles. The number of hydrogen-bond donors (Lipinski definition) is 2. The zero-order chi connectivity index (χ0) is 15.3. The van der Waals surface area contributed by atoms with E-state index in [-0.39, 0.29) is 17.9 Å². The lowest BCUT2D eigenvalue weighted by atomic mass is 9.79. The topological polar surface area (TPSA) is 75.1 Å². The number of aliphatic hydroxyl groups is 1. The molecule has 1 fully saturated rings. The highest BCUT2D eigenvalue weighted by molar-refractivity contribution is 5.92. The molecule has 2 N–H and O–H groups in total. The fourth-order valence-electron chi connectivity index (χ4n) is 2.58. The number of carbonyl (C=O) groups excluding carboxylic acids is 1. The third-order valence-electron chi connectivity index (χ3n) is 4.62. The lowest BCUT2D eigenvalue weighted by Crippen LogP contribution is -2.38. The van der Waals surface area contributed by atoms with Gasteiger partial charge in [-0.2, -0.15) is 0 Å². The molecule has 0 saturated heterocycles. The zero-order valence-electron chi connectivity index (χ0n) is 12.9. The summed E-state index contributed by atoms with van der Waals surface area (Å²) < 4.78 is 0. The second-order valence-electron chi connectivity index (χ2n) is 5.94. The largest absolute Gasteiger partial charge is 0.396 e. The van der Waals surface area contributed by atoms with Crippen LogP contribution in [0.1, 0.15) is 68.2 Å². The fraction of sp³-hybridized carbons (Fsp3) is 0.688. The Morgan fingerprint density at radius 3 is 2.71 bits per heavy atom. The molecule has 5 heteroatoms. The van der Waals surface area contributed by atoms with Crippen molar-refractivity contribution in [1.29, 1.82) is 0 Å². The van der Waals surface area contributed by atoms with Crippen molar-refractivity contribution in [1.82, 2.24) is 15.3 Å². The standard InChI is InChI=1S/C16H25N3O2/c1-3-16(4-2,8-10-20)11-18-15(21)13-7-9-17-14(19-13)12-5-6-12/h7,9,12,20H,3-6,8,10-11H2,1-2H3,(H,18,21). The lowest BCUT2D eigenvalue weighted by molar-refractivity contribution is 0.0902. The van der Waals surface area contributed by atoms with Gasteiger partial charge < -0.3 is 10.4 Å². The number of aliphatic hydroxyl groups excluding tert-OH is 1. The van der Waals surface area contributed by atoms with Crippen LogP contribution in [0.2, 0.25) is 0 Å². The molecule has 0 radical (unpaired) electrons. The summed E-state index contributed by atoms with van der Waals surface area (Å²) >= 11 is 0. The van der Waals surface area contributed by atoms with Gasteiger partial charge in [0.15, 0.2) is 0 Å². The van der Waals surface area contributed by atoms with E-state index >= 15 is 0 Å². The number of nitrogens with zero attached hydrogens (tertiary/aromatic N) is 2. The van der Waals surface area contributed by atoms with E-state index in [1.54, 1.807) is 12.3 Å². The summed E-state index contributed by atoms with van der Waals surface area (Å²) in [6.45, 7) is 4.92. The minimum Gasteiger partial charge on any atom is -0.396 e. The third kappa shape index (κ3) is 4.00. The zero-order valence-corrected chi connectivity index (χ0v) is 12.9. The van der Waals surface area contributed by atoms with E-state index in [9.17, 15) is 9.90 Å². The third-order valence-corrected chi connectivity index (χ3v) is 4.62. The van der Waals surface area contributed by atoms with Gasteiger partial charge in [0, 0.05) is 25.3 Å². The summed E-state index contributed by atoms with van der Waals surface area (Å²) in [5.74, 6) is 1.08. The number of rotatable bonds is 8. The number of amides is 1. The average molecular weight is 291 g/mol. The summed E-state index contributed by atoms with van der Waals surface area (Å²) in [6.07, 6.45) is 6.48. The van der Waals surface area contributed by atoms with Crippen molar-refractivity contribution in [2.45, 2.75) is 51.9 Å². The molecule has 1 heterocycles. The van der Waals surface area contributed by atoms with Crippen LogP contribution in [0.4, 0.5) is 0 Å². The van der Waals surface area contributed by atoms with Gasteiger partial charge in [0.2, 0.25) is 0 Å². The van der Waals surface area contributed by atoms with Crippen LogP contribution >= 0.6 is 0 Å². The summed E-state index contributed by atoms with van der Waals surface area (Å²) in [5.41, 5.74) is 0.411. The minimum absolute atomic E-state index is 0.0310. The molecule has 0 atom stereocenters. The van der Waals surface area contributed by atoms with E-state index < -0.39 is 0 Å². The molecule has 0 aliphatic heterocycles. The van der Waals surface area contributed by atoms with Gasteiger partial charge >= 0.3 is 0 Å². The van der Waals surface area contributed by atoms with E-state index in [2.05, 4.69) is 29.1 Å². The van der Waals surface area contributed by atoms with Gasteiger partial charge in [-0.05, 0) is 43.6 Å². The first-order valence-electron chi connectivity index (χ1n) is 7.86. The predicted octanol–water partition coefficient (Wildman–Crippen LogP) is 2.27. The molecule has 1 aromatic heterocycles. The van der Waals surface area contributed by atoms with Crippen molar-refractivity contribution < 1.29 is 9.90 Å². The first-order chi connectivity index (χ1) is 10.1. The van der Waals surface area contributed by atoms with Gasteiger partial charge in [0.1, 0.15) is 11.5 Å². The second kappa shape index (κ2) is 6.98. The molecule has 0 unspecified atom stereocenters. The Morgan fingerprint density at radius 1 is 1.43 bits per heavy atom. The van der Waals surface area contributed by atoms with Crippen molar-refractivity contribution in [3.05, 3.63) is 23.8 Å². The maximum Gasteiger partial charge on any atom is 0.270 e. The van der Waals surface area contributed by atoms with E-state index in [0.717, 1.165) is 31.5 Å². The van der Waals surface area contributed by atoms with Crippen LogP contribution in [0.25, 0.3) is 0 Å². The smallest absolute Gasteiger partial charge is 0.270 e. The van der Waals surface area contributed by atoms with Crippen LogP contribution in [0.3, 0.4) is 0 Å².